The van der Waals surface area contributed by atoms with Gasteiger partial charge in [-0.3, -0.25) is 19.7 Å². The maximum absolute atomic E-state index is 14.2. The van der Waals surface area contributed by atoms with Crippen LogP contribution in [0.3, 0.4) is 0 Å². The van der Waals surface area contributed by atoms with E-state index in [0.29, 0.717) is 11.4 Å². The van der Waals surface area contributed by atoms with Gasteiger partial charge < -0.3 is 15.7 Å². The average Bonchev–Trinajstić information content (AvgIpc) is 3.15. The highest BCUT2D eigenvalue weighted by Gasteiger charge is 2.48. The normalized spacial score (nSPS) is 23.6. The molecule has 2 aliphatic rings. The number of carbonyl (C=O) groups excluding carboxylic acids is 1. The van der Waals surface area contributed by atoms with Crippen LogP contribution in [0.15, 0.2) is 98.2 Å². The molecule has 43 heavy (non-hydrogen) atoms. The fraction of sp³-hybridized carbons (Fsp3) is 0.424. The molecule has 0 aromatic carbocycles. The third kappa shape index (κ3) is 10.1. The van der Waals surface area contributed by atoms with Gasteiger partial charge in [-0.15, -0.1) is 0 Å². The van der Waals surface area contributed by atoms with E-state index in [-0.39, 0.29) is 30.0 Å². The maximum atomic E-state index is 14.2. The first kappa shape index (κ1) is 34.8. The van der Waals surface area contributed by atoms with Crippen molar-refractivity contribution in [3.05, 3.63) is 83.2 Å². The summed E-state index contributed by atoms with van der Waals surface area (Å²) in [6, 6.07) is 2.02. The summed E-state index contributed by atoms with van der Waals surface area (Å²) in [6.07, 6.45) is 14.4. The molecule has 9 nitrogen and oxygen atoms in total. The van der Waals surface area contributed by atoms with Gasteiger partial charge in [0, 0.05) is 48.0 Å². The number of hydrogen-bond acceptors (Lipinski definition) is 8. The second-order valence-electron chi connectivity index (χ2n) is 11.1. The number of nitrogens with zero attached hydrogens (tertiary/aromatic N) is 5. The molecule has 0 aromatic heterocycles. The first-order chi connectivity index (χ1) is 20.2. The molecule has 0 aromatic rings. The molecule has 0 fully saturated rings. The molecule has 2 rings (SSSR count). The van der Waals surface area contributed by atoms with Crippen LogP contribution in [0.5, 0.6) is 0 Å². The number of carbonyl (C=O) groups is 1. The topological polar surface area (TPSA) is 125 Å². The lowest BCUT2D eigenvalue weighted by molar-refractivity contribution is -0.146. The van der Waals surface area contributed by atoms with Crippen molar-refractivity contribution in [2.24, 2.45) is 26.8 Å². The van der Waals surface area contributed by atoms with Gasteiger partial charge >= 0.3 is 11.8 Å². The molecule has 3 N–H and O–H groups in total. The minimum Gasteiger partial charge on any atom is -0.345 e. The Bertz CT molecular complexity index is 1400. The molecule has 10 heteroatoms. The summed E-state index contributed by atoms with van der Waals surface area (Å²) in [6.45, 7) is 18.6. The van der Waals surface area contributed by atoms with E-state index in [1.165, 1.54) is 30.2 Å². The summed E-state index contributed by atoms with van der Waals surface area (Å²) < 4.78 is 14.2. The van der Waals surface area contributed by atoms with E-state index in [2.05, 4.69) is 47.1 Å². The monoisotopic (exact) mass is 589 g/mol. The Labute approximate surface area is 255 Å². The molecule has 1 heterocycles. The number of nitrogens with one attached hydrogen (secondary N) is 2. The zero-order valence-corrected chi connectivity index (χ0v) is 26.4. The lowest BCUT2D eigenvalue weighted by Crippen LogP contribution is -2.53. The molecule has 1 aliphatic carbocycles. The van der Waals surface area contributed by atoms with Crippen LogP contribution in [-0.2, 0) is 4.79 Å². The van der Waals surface area contributed by atoms with E-state index in [4.69, 9.17) is 4.99 Å². The number of allylic oxidation sites excluding steroid dienone is 10. The highest BCUT2D eigenvalue weighted by molar-refractivity contribution is 6.07. The lowest BCUT2D eigenvalue weighted by Gasteiger charge is -2.25. The summed E-state index contributed by atoms with van der Waals surface area (Å²) in [5, 5.41) is 26.7. The van der Waals surface area contributed by atoms with Gasteiger partial charge in [0.2, 0.25) is 5.96 Å². The Balaban J connectivity index is 2.50. The summed E-state index contributed by atoms with van der Waals surface area (Å²) in [5.41, 5.74) is 3.70. The van der Waals surface area contributed by atoms with Crippen LogP contribution in [0.1, 0.15) is 61.8 Å². The number of rotatable bonds is 12. The molecule has 0 saturated carbocycles. The number of aliphatic hydroxyl groups is 1. The molecule has 4 atom stereocenters. The molecular weight excluding hydrogens is 545 g/mol. The minimum atomic E-state index is -2.32. The van der Waals surface area contributed by atoms with E-state index >= 15 is 0 Å². The van der Waals surface area contributed by atoms with E-state index in [0.717, 1.165) is 23.3 Å². The molecular formula is C33H44FN7O2. The number of nitriles is 1. The third-order valence-corrected chi connectivity index (χ3v) is 6.42. The van der Waals surface area contributed by atoms with Gasteiger partial charge in [0.1, 0.15) is 11.9 Å². The lowest BCUT2D eigenvalue weighted by atomic mass is 9.94. The maximum Gasteiger partial charge on any atom is 0.320 e. The zero-order chi connectivity index (χ0) is 32.3. The average molecular weight is 590 g/mol. The van der Waals surface area contributed by atoms with Crippen molar-refractivity contribution in [2.45, 2.75) is 73.7 Å². The molecule has 0 bridgehead atoms. The van der Waals surface area contributed by atoms with Crippen LogP contribution >= 0.6 is 0 Å². The summed E-state index contributed by atoms with van der Waals surface area (Å²) in [4.78, 5) is 28.2. The van der Waals surface area contributed by atoms with Gasteiger partial charge in [-0.2, -0.15) is 10.3 Å². The minimum absolute atomic E-state index is 0.0164. The fourth-order valence-corrected chi connectivity index (χ4v) is 4.23. The molecule has 1 aliphatic heterocycles. The predicted octanol–water partition coefficient (Wildman–Crippen LogP) is 5.75. The van der Waals surface area contributed by atoms with E-state index in [1.54, 1.807) is 27.0 Å². The van der Waals surface area contributed by atoms with E-state index in [9.17, 15) is 19.6 Å². The standard InChI is InChI=1S/C33H44FN7O2/c1-10-24(8)37-30-13-12-28(16-26(30)14-21(3)4)38-32-40-33(43,39-25(9)19-36-18-22(5)6)31(42)41(32)20-23(7)15-27(17-35)29(34)11-2/h11-16,18-19,23-24,26,39,43H,5,10,20H2,1-4,6-9H3,(H,38,40)/b25-19+,27-15-,29-11+,36-18-,37-30-. The summed E-state index contributed by atoms with van der Waals surface area (Å²) in [5.74, 6) is -4.18. The zero-order valence-electron chi connectivity index (χ0n) is 26.4. The smallest absolute Gasteiger partial charge is 0.320 e. The van der Waals surface area contributed by atoms with Gasteiger partial charge in [0.05, 0.1) is 5.57 Å². The number of halogens is 1. The van der Waals surface area contributed by atoms with Crippen LogP contribution in [0.25, 0.3) is 0 Å². The van der Waals surface area contributed by atoms with Crippen molar-refractivity contribution in [1.29, 1.82) is 5.26 Å². The quantitative estimate of drug-likeness (QED) is 0.0878. The second kappa shape index (κ2) is 15.8. The molecule has 4 unspecified atom stereocenters. The first-order valence-electron chi connectivity index (χ1n) is 14.3. The Morgan fingerprint density at radius 1 is 1.33 bits per heavy atom. The Hall–Kier alpha value is -4.36. The van der Waals surface area contributed by atoms with Crippen LogP contribution in [0, 0.1) is 23.2 Å². The van der Waals surface area contributed by atoms with Gasteiger partial charge in [0.25, 0.3) is 0 Å². The number of aliphatic imine (C=N–C) groups is 3. The second-order valence-corrected chi connectivity index (χ2v) is 11.1. The SMILES string of the molecule is C=C(C)/C=N\C=C(/C)NC1(O)N=C(NC2=CC(C=C(C)C)/C(=N\C(C)CC)C=C2)N(CC(C)/C=C(C#N)\C(F)=C/C)C1=O. The summed E-state index contributed by atoms with van der Waals surface area (Å²) in [7, 11) is 0. The van der Waals surface area contributed by atoms with Crippen molar-refractivity contribution in [3.63, 3.8) is 0 Å². The Morgan fingerprint density at radius 3 is 2.60 bits per heavy atom. The largest absolute Gasteiger partial charge is 0.345 e. The van der Waals surface area contributed by atoms with Crippen molar-refractivity contribution >= 4 is 23.8 Å². The van der Waals surface area contributed by atoms with E-state index < -0.39 is 23.5 Å². The molecule has 1 amide bonds. The molecule has 0 radical (unpaired) electrons. The van der Waals surface area contributed by atoms with Crippen LogP contribution in [0.2, 0.25) is 0 Å². The number of amides is 1. The van der Waals surface area contributed by atoms with Crippen LogP contribution in [0.4, 0.5) is 4.39 Å². The van der Waals surface area contributed by atoms with Crippen LogP contribution < -0.4 is 10.6 Å². The first-order valence-corrected chi connectivity index (χ1v) is 14.3. The van der Waals surface area contributed by atoms with Gasteiger partial charge in [-0.05, 0) is 77.7 Å². The predicted molar refractivity (Wildman–Crippen MR) is 172 cm³/mol. The van der Waals surface area contributed by atoms with Crippen molar-refractivity contribution in [2.75, 3.05) is 6.54 Å². The third-order valence-electron chi connectivity index (χ3n) is 6.42. The Morgan fingerprint density at radius 2 is 2.02 bits per heavy atom. The molecule has 0 spiro atoms. The summed E-state index contributed by atoms with van der Waals surface area (Å²) >= 11 is 0. The number of hydrogen-bond donors (Lipinski definition) is 3. The highest BCUT2D eigenvalue weighted by Crippen LogP contribution is 2.24. The van der Waals surface area contributed by atoms with Crippen molar-refractivity contribution in [1.82, 2.24) is 15.5 Å². The fourth-order valence-electron chi connectivity index (χ4n) is 4.23. The van der Waals surface area contributed by atoms with Crippen molar-refractivity contribution in [3.8, 4) is 6.07 Å². The van der Waals surface area contributed by atoms with Gasteiger partial charge in [0.15, 0.2) is 0 Å². The van der Waals surface area contributed by atoms with Crippen LogP contribution in [-0.4, -0.2) is 52.2 Å². The number of guanidine groups is 1. The van der Waals surface area contributed by atoms with Gasteiger partial charge in [-0.1, -0.05) is 44.2 Å². The van der Waals surface area contributed by atoms with Gasteiger partial charge in [-0.25, -0.2) is 4.39 Å². The Kier molecular flexibility index (Phi) is 12.8. The molecule has 0 saturated heterocycles. The highest BCUT2D eigenvalue weighted by atomic mass is 19.1. The molecule has 230 valence electrons. The van der Waals surface area contributed by atoms with E-state index in [1.807, 2.05) is 38.1 Å². The van der Waals surface area contributed by atoms with Crippen molar-refractivity contribution < 1.29 is 14.3 Å².